The van der Waals surface area contributed by atoms with Gasteiger partial charge in [-0.15, -0.1) is 11.8 Å². The van der Waals surface area contributed by atoms with Crippen molar-refractivity contribution in [2.75, 3.05) is 12.3 Å². The van der Waals surface area contributed by atoms with Crippen molar-refractivity contribution in [2.45, 2.75) is 44.7 Å². The monoisotopic (exact) mass is 432 g/mol. The van der Waals surface area contributed by atoms with Gasteiger partial charge < -0.3 is 10.2 Å². The molecule has 0 bridgehead atoms. The van der Waals surface area contributed by atoms with Crippen molar-refractivity contribution in [1.29, 1.82) is 0 Å². The second kappa shape index (κ2) is 11.9. The summed E-state index contributed by atoms with van der Waals surface area (Å²) in [5, 5.41) is 3.62. The number of hydrogen-bond acceptors (Lipinski definition) is 3. The molecule has 0 unspecified atom stereocenters. The van der Waals surface area contributed by atoms with Crippen LogP contribution in [0.3, 0.4) is 0 Å². The van der Waals surface area contributed by atoms with Crippen LogP contribution >= 0.6 is 23.4 Å². The van der Waals surface area contributed by atoms with Crippen LogP contribution in [0.4, 0.5) is 0 Å². The highest BCUT2D eigenvalue weighted by molar-refractivity contribution is 8.00. The van der Waals surface area contributed by atoms with Crippen LogP contribution in [0.1, 0.15) is 32.8 Å². The first-order chi connectivity index (χ1) is 13.9. The molecule has 0 saturated heterocycles. The number of benzene rings is 2. The molecule has 0 fully saturated rings. The van der Waals surface area contributed by atoms with Crippen LogP contribution in [0.2, 0.25) is 5.02 Å². The third-order valence-corrected chi connectivity index (χ3v) is 5.69. The predicted octanol–water partition coefficient (Wildman–Crippen LogP) is 5.01. The van der Waals surface area contributed by atoms with E-state index in [1.54, 1.807) is 17.0 Å². The van der Waals surface area contributed by atoms with Crippen molar-refractivity contribution >= 4 is 35.2 Å². The fourth-order valence-electron chi connectivity index (χ4n) is 2.87. The lowest BCUT2D eigenvalue weighted by atomic mass is 10.1. The van der Waals surface area contributed by atoms with E-state index < -0.39 is 6.04 Å². The van der Waals surface area contributed by atoms with Gasteiger partial charge in [0.2, 0.25) is 11.8 Å². The highest BCUT2D eigenvalue weighted by Crippen LogP contribution is 2.20. The average molecular weight is 433 g/mol. The fourth-order valence-corrected chi connectivity index (χ4v) is 3.80. The van der Waals surface area contributed by atoms with E-state index >= 15 is 0 Å². The first-order valence-corrected chi connectivity index (χ1v) is 11.3. The zero-order chi connectivity index (χ0) is 21.2. The largest absolute Gasteiger partial charge is 0.354 e. The highest BCUT2D eigenvalue weighted by Gasteiger charge is 2.28. The summed E-state index contributed by atoms with van der Waals surface area (Å²) >= 11 is 7.48. The van der Waals surface area contributed by atoms with Crippen molar-refractivity contribution in [2.24, 2.45) is 5.92 Å². The molecule has 1 atom stereocenters. The Kier molecular flexibility index (Phi) is 9.55. The molecule has 0 aliphatic carbocycles. The zero-order valence-electron chi connectivity index (χ0n) is 17.2. The van der Waals surface area contributed by atoms with Crippen LogP contribution in [0.5, 0.6) is 0 Å². The lowest BCUT2D eigenvalue weighted by Gasteiger charge is -2.31. The van der Waals surface area contributed by atoms with E-state index in [1.165, 1.54) is 11.8 Å². The molecular formula is C23H29ClN2O2S. The molecule has 29 heavy (non-hydrogen) atoms. The highest BCUT2D eigenvalue weighted by atomic mass is 35.5. The Morgan fingerprint density at radius 2 is 1.72 bits per heavy atom. The number of carbonyl (C=O) groups excluding carboxylic acids is 2. The van der Waals surface area contributed by atoms with Gasteiger partial charge in [0.05, 0.1) is 5.75 Å². The quantitative estimate of drug-likeness (QED) is 0.537. The third kappa shape index (κ3) is 7.75. The summed E-state index contributed by atoms with van der Waals surface area (Å²) < 4.78 is 0. The van der Waals surface area contributed by atoms with Crippen molar-refractivity contribution in [3.05, 3.63) is 65.2 Å². The second-order valence-electron chi connectivity index (χ2n) is 7.31. The van der Waals surface area contributed by atoms with Crippen LogP contribution in [-0.2, 0) is 16.1 Å². The third-order valence-electron chi connectivity index (χ3n) is 4.44. The van der Waals surface area contributed by atoms with Gasteiger partial charge in [-0.2, -0.15) is 0 Å². The number of amides is 2. The molecule has 156 valence electrons. The van der Waals surface area contributed by atoms with Gasteiger partial charge >= 0.3 is 0 Å². The molecule has 0 aliphatic heterocycles. The van der Waals surface area contributed by atoms with Crippen molar-refractivity contribution in [3.8, 4) is 0 Å². The Morgan fingerprint density at radius 3 is 2.31 bits per heavy atom. The molecule has 2 amide bonds. The van der Waals surface area contributed by atoms with Crippen LogP contribution in [-0.4, -0.2) is 35.1 Å². The van der Waals surface area contributed by atoms with Gasteiger partial charge in [-0.05, 0) is 42.2 Å². The van der Waals surface area contributed by atoms with E-state index in [0.717, 1.165) is 10.5 Å². The predicted molar refractivity (Wildman–Crippen MR) is 121 cm³/mol. The molecule has 1 N–H and O–H groups in total. The molecule has 0 aliphatic rings. The normalized spacial score (nSPS) is 11.9. The van der Waals surface area contributed by atoms with E-state index in [9.17, 15) is 9.59 Å². The van der Waals surface area contributed by atoms with Crippen LogP contribution in [0.15, 0.2) is 59.5 Å². The smallest absolute Gasteiger partial charge is 0.242 e. The maximum atomic E-state index is 13.1. The Bertz CT molecular complexity index is 781. The van der Waals surface area contributed by atoms with E-state index in [1.807, 2.05) is 63.2 Å². The topological polar surface area (TPSA) is 49.4 Å². The number of nitrogens with one attached hydrogen (secondary N) is 1. The number of rotatable bonds is 10. The number of halogens is 1. The molecule has 0 saturated carbocycles. The molecule has 2 aromatic carbocycles. The Morgan fingerprint density at radius 1 is 1.07 bits per heavy atom. The summed E-state index contributed by atoms with van der Waals surface area (Å²) in [6.07, 6.45) is 0.555. The van der Waals surface area contributed by atoms with Crippen molar-refractivity contribution in [3.63, 3.8) is 0 Å². The van der Waals surface area contributed by atoms with Gasteiger partial charge in [0, 0.05) is 23.0 Å². The minimum absolute atomic E-state index is 0.0552. The molecule has 0 spiro atoms. The average Bonchev–Trinajstić information content (AvgIpc) is 2.72. The molecular weight excluding hydrogens is 404 g/mol. The Labute approximate surface area is 183 Å². The minimum Gasteiger partial charge on any atom is -0.354 e. The standard InChI is InChI=1S/C23H29ClN2O2S/c1-4-21(23(28)25-14-17(2)3)26(15-18-10-12-19(24)13-11-18)22(27)16-29-20-8-6-5-7-9-20/h5-13,17,21H,4,14-16H2,1-3H3,(H,25,28)/t21-/m1/s1. The number of nitrogens with zero attached hydrogens (tertiary/aromatic N) is 1. The van der Waals surface area contributed by atoms with Gasteiger partial charge in [-0.1, -0.05) is 62.7 Å². The lowest BCUT2D eigenvalue weighted by molar-refractivity contribution is -0.139. The summed E-state index contributed by atoms with van der Waals surface area (Å²) in [4.78, 5) is 28.7. The first-order valence-electron chi connectivity index (χ1n) is 9.90. The summed E-state index contributed by atoms with van der Waals surface area (Å²) in [5.74, 6) is 0.477. The van der Waals surface area contributed by atoms with E-state index in [-0.39, 0.29) is 17.6 Å². The Balaban J connectivity index is 2.16. The van der Waals surface area contributed by atoms with Gasteiger partial charge in [0.1, 0.15) is 6.04 Å². The van der Waals surface area contributed by atoms with Crippen molar-refractivity contribution in [1.82, 2.24) is 10.2 Å². The number of hydrogen-bond donors (Lipinski definition) is 1. The van der Waals surface area contributed by atoms with E-state index in [0.29, 0.717) is 30.5 Å². The van der Waals surface area contributed by atoms with E-state index in [4.69, 9.17) is 11.6 Å². The van der Waals surface area contributed by atoms with E-state index in [2.05, 4.69) is 5.32 Å². The minimum atomic E-state index is -0.506. The summed E-state index contributed by atoms with van der Waals surface area (Å²) in [7, 11) is 0. The SMILES string of the molecule is CC[C@H](C(=O)NCC(C)C)N(Cc1ccc(Cl)cc1)C(=O)CSc1ccccc1. The molecule has 2 aromatic rings. The van der Waals surface area contributed by atoms with Gasteiger partial charge in [-0.25, -0.2) is 0 Å². The van der Waals surface area contributed by atoms with Gasteiger partial charge in [-0.3, -0.25) is 9.59 Å². The maximum absolute atomic E-state index is 13.1. The first kappa shape index (κ1) is 23.3. The molecule has 0 heterocycles. The maximum Gasteiger partial charge on any atom is 0.242 e. The second-order valence-corrected chi connectivity index (χ2v) is 8.80. The molecule has 4 nitrogen and oxygen atoms in total. The van der Waals surface area contributed by atoms with Crippen LogP contribution in [0.25, 0.3) is 0 Å². The number of thioether (sulfide) groups is 1. The summed E-state index contributed by atoms with van der Waals surface area (Å²) in [6, 6.07) is 16.7. The number of carbonyl (C=O) groups is 2. The molecule has 0 aromatic heterocycles. The van der Waals surface area contributed by atoms with Crippen LogP contribution < -0.4 is 5.32 Å². The zero-order valence-corrected chi connectivity index (χ0v) is 18.8. The lowest BCUT2D eigenvalue weighted by Crippen LogP contribution is -2.50. The fraction of sp³-hybridized carbons (Fsp3) is 0.391. The molecule has 0 radical (unpaired) electrons. The Hall–Kier alpha value is -1.98. The molecule has 6 heteroatoms. The summed E-state index contributed by atoms with van der Waals surface area (Å²) in [5.41, 5.74) is 0.947. The van der Waals surface area contributed by atoms with Gasteiger partial charge in [0.15, 0.2) is 0 Å². The summed E-state index contributed by atoms with van der Waals surface area (Å²) in [6.45, 7) is 7.00. The molecule has 2 rings (SSSR count). The van der Waals surface area contributed by atoms with Gasteiger partial charge in [0.25, 0.3) is 0 Å². The van der Waals surface area contributed by atoms with Crippen LogP contribution in [0, 0.1) is 5.92 Å². The van der Waals surface area contributed by atoms with Crippen molar-refractivity contribution < 1.29 is 9.59 Å².